The summed E-state index contributed by atoms with van der Waals surface area (Å²) < 4.78 is 0. The molecule has 1 unspecified atom stereocenters. The average Bonchev–Trinajstić information content (AvgIpc) is 2.65. The molecular formula is C11H20. The summed E-state index contributed by atoms with van der Waals surface area (Å²) in [5.41, 5.74) is 3.44. The Labute approximate surface area is 70.7 Å². The van der Waals surface area contributed by atoms with E-state index >= 15 is 0 Å². The first-order valence-electron chi connectivity index (χ1n) is 4.85. The Balaban J connectivity index is 2.45. The second-order valence-corrected chi connectivity index (χ2v) is 4.11. The second kappa shape index (κ2) is 3.42. The fourth-order valence-corrected chi connectivity index (χ4v) is 1.84. The van der Waals surface area contributed by atoms with Crippen LogP contribution in [0.15, 0.2) is 11.1 Å². The Bertz CT molecular complexity index is 163. The zero-order valence-electron chi connectivity index (χ0n) is 8.28. The Morgan fingerprint density at radius 2 is 2.18 bits per heavy atom. The summed E-state index contributed by atoms with van der Waals surface area (Å²) in [6.07, 6.45) is 4.02. The summed E-state index contributed by atoms with van der Waals surface area (Å²) in [5.74, 6) is 1.82. The lowest BCUT2D eigenvalue weighted by molar-refractivity contribution is 0.579. The minimum atomic E-state index is 0.872. The minimum Gasteiger partial charge on any atom is -0.0738 e. The van der Waals surface area contributed by atoms with E-state index in [1.165, 1.54) is 19.3 Å². The molecule has 64 valence electrons. The molecule has 0 nitrogen and oxygen atoms in total. The van der Waals surface area contributed by atoms with Gasteiger partial charge >= 0.3 is 0 Å². The lowest BCUT2D eigenvalue weighted by Crippen LogP contribution is -1.88. The van der Waals surface area contributed by atoms with Crippen LogP contribution in [0.4, 0.5) is 0 Å². The maximum Gasteiger partial charge on any atom is -0.0140 e. The van der Waals surface area contributed by atoms with Gasteiger partial charge < -0.3 is 0 Å². The quantitative estimate of drug-likeness (QED) is 0.540. The van der Waals surface area contributed by atoms with Crippen molar-refractivity contribution in [3.63, 3.8) is 0 Å². The standard InChI is InChI=1S/C11H20/c1-5-6-9(4)11-7-10(11)8(2)3/h8,10H,5-7H2,1-4H3. The molecule has 0 spiro atoms. The molecule has 1 atom stereocenters. The van der Waals surface area contributed by atoms with E-state index in [-0.39, 0.29) is 0 Å². The van der Waals surface area contributed by atoms with Crippen LogP contribution in [0.3, 0.4) is 0 Å². The van der Waals surface area contributed by atoms with Crippen molar-refractivity contribution in [3.8, 4) is 0 Å². The van der Waals surface area contributed by atoms with Crippen LogP contribution in [0.2, 0.25) is 0 Å². The molecule has 0 aromatic rings. The predicted octanol–water partition coefficient (Wildman–Crippen LogP) is 3.78. The lowest BCUT2D eigenvalue weighted by atomic mass is 10.1. The highest BCUT2D eigenvalue weighted by atomic mass is 14.4. The molecule has 0 heteroatoms. The van der Waals surface area contributed by atoms with Gasteiger partial charge in [-0.3, -0.25) is 0 Å². The molecule has 11 heavy (non-hydrogen) atoms. The van der Waals surface area contributed by atoms with Crippen molar-refractivity contribution in [1.82, 2.24) is 0 Å². The molecule has 1 aliphatic rings. The predicted molar refractivity (Wildman–Crippen MR) is 50.6 cm³/mol. The van der Waals surface area contributed by atoms with E-state index in [0.717, 1.165) is 11.8 Å². The molecule has 0 heterocycles. The smallest absolute Gasteiger partial charge is 0.0140 e. The van der Waals surface area contributed by atoms with Crippen molar-refractivity contribution in [2.45, 2.75) is 47.0 Å². The zero-order valence-corrected chi connectivity index (χ0v) is 8.28. The van der Waals surface area contributed by atoms with Gasteiger partial charge in [0.15, 0.2) is 0 Å². The molecule has 0 radical (unpaired) electrons. The van der Waals surface area contributed by atoms with Gasteiger partial charge in [-0.05, 0) is 31.6 Å². The highest BCUT2D eigenvalue weighted by Gasteiger charge is 2.33. The maximum absolute atomic E-state index is 2.33. The largest absolute Gasteiger partial charge is 0.0738 e. The molecule has 0 aromatic heterocycles. The van der Waals surface area contributed by atoms with Crippen LogP contribution in [0.5, 0.6) is 0 Å². The third-order valence-corrected chi connectivity index (χ3v) is 2.71. The number of hydrogen-bond donors (Lipinski definition) is 0. The summed E-state index contributed by atoms with van der Waals surface area (Å²) in [4.78, 5) is 0. The number of hydrogen-bond acceptors (Lipinski definition) is 0. The number of allylic oxidation sites excluding steroid dienone is 2. The SMILES string of the molecule is CCCC(C)=C1CC1C(C)C. The Kier molecular flexibility index (Phi) is 2.75. The van der Waals surface area contributed by atoms with Gasteiger partial charge in [0.25, 0.3) is 0 Å². The fourth-order valence-electron chi connectivity index (χ4n) is 1.84. The normalized spacial score (nSPS) is 27.5. The van der Waals surface area contributed by atoms with E-state index in [1.807, 2.05) is 0 Å². The lowest BCUT2D eigenvalue weighted by Gasteiger charge is -2.00. The highest BCUT2D eigenvalue weighted by molar-refractivity contribution is 5.29. The third kappa shape index (κ3) is 2.08. The van der Waals surface area contributed by atoms with Crippen LogP contribution in [-0.4, -0.2) is 0 Å². The van der Waals surface area contributed by atoms with Crippen molar-refractivity contribution < 1.29 is 0 Å². The van der Waals surface area contributed by atoms with Gasteiger partial charge in [-0.15, -0.1) is 0 Å². The average molecular weight is 152 g/mol. The van der Waals surface area contributed by atoms with Gasteiger partial charge in [0, 0.05) is 0 Å². The van der Waals surface area contributed by atoms with Crippen LogP contribution in [-0.2, 0) is 0 Å². The van der Waals surface area contributed by atoms with Crippen molar-refractivity contribution in [1.29, 1.82) is 0 Å². The van der Waals surface area contributed by atoms with Crippen LogP contribution < -0.4 is 0 Å². The van der Waals surface area contributed by atoms with Gasteiger partial charge in [-0.2, -0.15) is 0 Å². The van der Waals surface area contributed by atoms with Gasteiger partial charge in [0.05, 0.1) is 0 Å². The first-order valence-corrected chi connectivity index (χ1v) is 4.85. The maximum atomic E-state index is 2.33. The Hall–Kier alpha value is -0.260. The van der Waals surface area contributed by atoms with E-state index in [9.17, 15) is 0 Å². The van der Waals surface area contributed by atoms with Gasteiger partial charge in [-0.25, -0.2) is 0 Å². The monoisotopic (exact) mass is 152 g/mol. The van der Waals surface area contributed by atoms with E-state index in [2.05, 4.69) is 27.7 Å². The van der Waals surface area contributed by atoms with E-state index in [1.54, 1.807) is 11.1 Å². The summed E-state index contributed by atoms with van der Waals surface area (Å²) in [7, 11) is 0. The number of rotatable bonds is 3. The van der Waals surface area contributed by atoms with Crippen molar-refractivity contribution in [2.24, 2.45) is 11.8 Å². The van der Waals surface area contributed by atoms with E-state index in [4.69, 9.17) is 0 Å². The molecule has 0 aromatic carbocycles. The molecule has 0 saturated heterocycles. The van der Waals surface area contributed by atoms with Gasteiger partial charge in [0.1, 0.15) is 0 Å². The molecule has 0 amide bonds. The fraction of sp³-hybridized carbons (Fsp3) is 0.818. The van der Waals surface area contributed by atoms with Crippen molar-refractivity contribution in [3.05, 3.63) is 11.1 Å². The van der Waals surface area contributed by atoms with Crippen LogP contribution in [0.25, 0.3) is 0 Å². The van der Waals surface area contributed by atoms with Gasteiger partial charge in [-0.1, -0.05) is 38.3 Å². The highest BCUT2D eigenvalue weighted by Crippen LogP contribution is 2.46. The summed E-state index contributed by atoms with van der Waals surface area (Å²) in [6, 6.07) is 0. The van der Waals surface area contributed by atoms with Crippen LogP contribution in [0, 0.1) is 11.8 Å². The molecule has 0 bridgehead atoms. The van der Waals surface area contributed by atoms with Crippen molar-refractivity contribution in [2.75, 3.05) is 0 Å². The van der Waals surface area contributed by atoms with Crippen molar-refractivity contribution >= 4 is 0 Å². The zero-order chi connectivity index (χ0) is 8.43. The van der Waals surface area contributed by atoms with Crippen LogP contribution >= 0.6 is 0 Å². The molecular weight excluding hydrogens is 132 g/mol. The first-order chi connectivity index (χ1) is 5.16. The van der Waals surface area contributed by atoms with Gasteiger partial charge in [0.2, 0.25) is 0 Å². The molecule has 1 rings (SSSR count). The summed E-state index contributed by atoms with van der Waals surface area (Å²) in [5, 5.41) is 0. The Morgan fingerprint density at radius 1 is 1.55 bits per heavy atom. The minimum absolute atomic E-state index is 0.872. The molecule has 1 fully saturated rings. The summed E-state index contributed by atoms with van der Waals surface area (Å²) >= 11 is 0. The second-order valence-electron chi connectivity index (χ2n) is 4.11. The third-order valence-electron chi connectivity index (χ3n) is 2.71. The summed E-state index contributed by atoms with van der Waals surface area (Å²) in [6.45, 7) is 9.23. The molecule has 1 aliphatic carbocycles. The molecule has 1 saturated carbocycles. The molecule has 0 N–H and O–H groups in total. The van der Waals surface area contributed by atoms with Crippen LogP contribution in [0.1, 0.15) is 47.0 Å². The molecule has 0 aliphatic heterocycles. The Morgan fingerprint density at radius 3 is 2.55 bits per heavy atom. The van der Waals surface area contributed by atoms with E-state index in [0.29, 0.717) is 0 Å². The topological polar surface area (TPSA) is 0 Å². The first kappa shape index (κ1) is 8.83. The van der Waals surface area contributed by atoms with E-state index < -0.39 is 0 Å².